The first-order valence-corrected chi connectivity index (χ1v) is 15.1. The van der Waals surface area contributed by atoms with E-state index >= 15 is 0 Å². The van der Waals surface area contributed by atoms with Gasteiger partial charge < -0.3 is 10.2 Å². The van der Waals surface area contributed by atoms with Crippen LogP contribution in [0.5, 0.6) is 0 Å². The van der Waals surface area contributed by atoms with E-state index in [4.69, 9.17) is 23.2 Å². The molecule has 0 aromatic heterocycles. The third kappa shape index (κ3) is 5.74. The minimum Gasteiger partial charge on any atom is -0.352 e. The van der Waals surface area contributed by atoms with Crippen molar-refractivity contribution < 1.29 is 14.4 Å². The fourth-order valence-electron chi connectivity index (χ4n) is 6.12. The summed E-state index contributed by atoms with van der Waals surface area (Å²) < 4.78 is 0. The lowest BCUT2D eigenvalue weighted by Gasteiger charge is -2.33. The highest BCUT2D eigenvalue weighted by atomic mass is 35.5. The monoisotopic (exact) mass is 599 g/mol. The van der Waals surface area contributed by atoms with E-state index in [1.54, 1.807) is 29.2 Å². The van der Waals surface area contributed by atoms with Gasteiger partial charge in [0, 0.05) is 30.0 Å². The molecule has 1 aliphatic carbocycles. The molecule has 42 heavy (non-hydrogen) atoms. The molecule has 1 heterocycles. The highest BCUT2D eigenvalue weighted by molar-refractivity contribution is 6.42. The molecule has 1 atom stereocenters. The van der Waals surface area contributed by atoms with Gasteiger partial charge in [-0.1, -0.05) is 96.7 Å². The Morgan fingerprint density at radius 3 is 2.36 bits per heavy atom. The number of rotatable bonds is 9. The summed E-state index contributed by atoms with van der Waals surface area (Å²) in [5, 5.41) is 5.78. The van der Waals surface area contributed by atoms with Crippen molar-refractivity contribution in [2.75, 3.05) is 11.4 Å². The van der Waals surface area contributed by atoms with E-state index in [1.807, 2.05) is 60.7 Å². The average Bonchev–Trinajstić information content (AvgIpc) is 3.61. The Kier molecular flexibility index (Phi) is 8.18. The van der Waals surface area contributed by atoms with Gasteiger partial charge in [-0.25, -0.2) is 0 Å². The summed E-state index contributed by atoms with van der Waals surface area (Å²) in [6, 6.07) is 25.5. The highest BCUT2D eigenvalue weighted by Crippen LogP contribution is 2.37. The fourth-order valence-corrected chi connectivity index (χ4v) is 6.44. The third-order valence-electron chi connectivity index (χ3n) is 8.25. The molecule has 4 aromatic rings. The highest BCUT2D eigenvalue weighted by Gasteiger charge is 2.36. The van der Waals surface area contributed by atoms with Gasteiger partial charge in [0.15, 0.2) is 0 Å². The molecule has 4 aromatic carbocycles. The van der Waals surface area contributed by atoms with E-state index in [-0.39, 0.29) is 36.9 Å². The summed E-state index contributed by atoms with van der Waals surface area (Å²) >= 11 is 12.5. The number of carbonyl (C=O) groups excluding carboxylic acids is 3. The Morgan fingerprint density at radius 2 is 1.62 bits per heavy atom. The number of benzene rings is 4. The summed E-state index contributed by atoms with van der Waals surface area (Å²) in [6.45, 7) is -0.0690. The molecule has 0 unspecified atom stereocenters. The van der Waals surface area contributed by atoms with Crippen LogP contribution in [0.1, 0.15) is 47.2 Å². The van der Waals surface area contributed by atoms with Crippen LogP contribution in [0.25, 0.3) is 10.8 Å². The summed E-state index contributed by atoms with van der Waals surface area (Å²) in [5.41, 5.74) is 2.95. The lowest BCUT2D eigenvalue weighted by Crippen LogP contribution is -2.54. The van der Waals surface area contributed by atoms with Crippen LogP contribution in [0.3, 0.4) is 0 Å². The molecular weight excluding hydrogens is 569 g/mol. The van der Waals surface area contributed by atoms with E-state index in [1.165, 1.54) is 4.90 Å². The standard InChI is InChI=1S/C34H31Cl2N3O3/c35-27-17-16-23(18-28(27)36)20-38(30(19-22-8-2-1-3-9-22)33(41)37-25-12-4-5-13-25)31(40)21-39-29-15-7-11-24-10-6-14-26(32(24)29)34(39)42/h1-3,6-11,14-18,25,30H,4-5,12-13,19-21H2,(H,37,41)/t30-/m1/s1. The lowest BCUT2D eigenvalue weighted by molar-refractivity contribution is -0.140. The molecule has 1 fully saturated rings. The second-order valence-electron chi connectivity index (χ2n) is 11.0. The molecule has 6 nitrogen and oxygen atoms in total. The largest absolute Gasteiger partial charge is 0.352 e. The molecule has 0 saturated heterocycles. The molecule has 1 aliphatic heterocycles. The summed E-state index contributed by atoms with van der Waals surface area (Å²) in [7, 11) is 0. The van der Waals surface area contributed by atoms with E-state index < -0.39 is 6.04 Å². The van der Waals surface area contributed by atoms with Crippen LogP contribution in [0.2, 0.25) is 10.0 Å². The molecule has 3 amide bonds. The summed E-state index contributed by atoms with van der Waals surface area (Å²) in [5.74, 6) is -0.751. The summed E-state index contributed by atoms with van der Waals surface area (Å²) in [4.78, 5) is 45.0. The van der Waals surface area contributed by atoms with Crippen LogP contribution in [-0.4, -0.2) is 41.2 Å². The number of hydrogen-bond donors (Lipinski definition) is 1. The number of anilines is 1. The van der Waals surface area contributed by atoms with Crippen molar-refractivity contribution in [3.05, 3.63) is 112 Å². The van der Waals surface area contributed by atoms with Crippen LogP contribution in [-0.2, 0) is 22.6 Å². The Labute approximate surface area is 255 Å². The van der Waals surface area contributed by atoms with Gasteiger partial charge in [0.1, 0.15) is 12.6 Å². The molecule has 0 spiro atoms. The number of hydrogen-bond acceptors (Lipinski definition) is 3. The first-order chi connectivity index (χ1) is 20.4. The van der Waals surface area contributed by atoms with Crippen molar-refractivity contribution in [3.63, 3.8) is 0 Å². The topological polar surface area (TPSA) is 69.7 Å². The molecule has 1 N–H and O–H groups in total. The maximum atomic E-state index is 14.3. The van der Waals surface area contributed by atoms with Crippen LogP contribution in [0.15, 0.2) is 84.9 Å². The maximum absolute atomic E-state index is 14.3. The number of amides is 3. The predicted octanol–water partition coefficient (Wildman–Crippen LogP) is 6.81. The van der Waals surface area contributed by atoms with Crippen molar-refractivity contribution in [1.82, 2.24) is 10.2 Å². The third-order valence-corrected chi connectivity index (χ3v) is 8.99. The second kappa shape index (κ2) is 12.2. The minimum atomic E-state index is -0.800. The molecular formula is C34H31Cl2N3O3. The van der Waals surface area contributed by atoms with Gasteiger partial charge in [-0.2, -0.15) is 0 Å². The van der Waals surface area contributed by atoms with Gasteiger partial charge >= 0.3 is 0 Å². The van der Waals surface area contributed by atoms with Crippen molar-refractivity contribution in [1.29, 1.82) is 0 Å². The normalized spacial score (nSPS) is 15.3. The van der Waals surface area contributed by atoms with E-state index in [0.29, 0.717) is 27.7 Å². The van der Waals surface area contributed by atoms with Gasteiger partial charge in [-0.05, 0) is 53.6 Å². The van der Waals surface area contributed by atoms with E-state index in [0.717, 1.165) is 47.6 Å². The molecule has 214 valence electrons. The van der Waals surface area contributed by atoms with Crippen molar-refractivity contribution in [3.8, 4) is 0 Å². The molecule has 2 aliphatic rings. The first-order valence-electron chi connectivity index (χ1n) is 14.3. The maximum Gasteiger partial charge on any atom is 0.259 e. The molecule has 0 bridgehead atoms. The fraction of sp³-hybridized carbons (Fsp3) is 0.265. The Balaban J connectivity index is 1.36. The van der Waals surface area contributed by atoms with Crippen molar-refractivity contribution in [2.24, 2.45) is 0 Å². The zero-order valence-corrected chi connectivity index (χ0v) is 24.6. The van der Waals surface area contributed by atoms with Crippen molar-refractivity contribution in [2.45, 2.75) is 50.7 Å². The number of nitrogens with one attached hydrogen (secondary N) is 1. The molecule has 6 rings (SSSR count). The van der Waals surface area contributed by atoms with Gasteiger partial charge in [0.25, 0.3) is 5.91 Å². The number of halogens is 2. The van der Waals surface area contributed by atoms with Crippen LogP contribution >= 0.6 is 23.2 Å². The number of carbonyl (C=O) groups is 3. The van der Waals surface area contributed by atoms with Gasteiger partial charge in [-0.3, -0.25) is 19.3 Å². The molecule has 8 heteroatoms. The average molecular weight is 601 g/mol. The van der Waals surface area contributed by atoms with E-state index in [9.17, 15) is 14.4 Å². The zero-order valence-electron chi connectivity index (χ0n) is 23.1. The van der Waals surface area contributed by atoms with E-state index in [2.05, 4.69) is 5.32 Å². The first kappa shape index (κ1) is 28.3. The van der Waals surface area contributed by atoms with Gasteiger partial charge in [0.05, 0.1) is 15.7 Å². The van der Waals surface area contributed by atoms with Gasteiger partial charge in [-0.15, -0.1) is 0 Å². The second-order valence-corrected chi connectivity index (χ2v) is 11.9. The zero-order chi connectivity index (χ0) is 29.2. The molecule has 1 saturated carbocycles. The number of nitrogens with zero attached hydrogens (tertiary/aromatic N) is 2. The predicted molar refractivity (Wildman–Crippen MR) is 167 cm³/mol. The Bertz CT molecular complexity index is 1650. The van der Waals surface area contributed by atoms with Crippen LogP contribution < -0.4 is 10.2 Å². The molecule has 0 radical (unpaired) electrons. The quantitative estimate of drug-likeness (QED) is 0.230. The lowest BCUT2D eigenvalue weighted by atomic mass is 10.0. The minimum absolute atomic E-state index is 0.0879. The van der Waals surface area contributed by atoms with Crippen LogP contribution in [0, 0.1) is 0 Å². The van der Waals surface area contributed by atoms with Crippen molar-refractivity contribution >= 4 is 57.4 Å². The van der Waals surface area contributed by atoms with Gasteiger partial charge in [0.2, 0.25) is 11.8 Å². The Hall–Kier alpha value is -3.87. The summed E-state index contributed by atoms with van der Waals surface area (Å²) in [6.07, 6.45) is 4.33. The van der Waals surface area contributed by atoms with Crippen LogP contribution in [0.4, 0.5) is 5.69 Å². The smallest absolute Gasteiger partial charge is 0.259 e. The Morgan fingerprint density at radius 1 is 0.881 bits per heavy atom. The SMILES string of the molecule is O=C(NC1CCCC1)[C@@H](Cc1ccccc1)N(Cc1ccc(Cl)c(Cl)c1)C(=O)CN1C(=O)c2cccc3cccc1c23.